The van der Waals surface area contributed by atoms with E-state index in [1.807, 2.05) is 24.3 Å². The first-order valence-corrected chi connectivity index (χ1v) is 6.73. The molecular weight excluding hydrogens is 238 g/mol. The number of para-hydroxylation sites is 1. The zero-order chi connectivity index (χ0) is 13.5. The number of rotatable bonds is 3. The van der Waals surface area contributed by atoms with Gasteiger partial charge < -0.3 is 16.0 Å². The monoisotopic (exact) mass is 257 g/mol. The number of aromatic amines is 1. The molecule has 1 aromatic heterocycles. The van der Waals surface area contributed by atoms with Crippen LogP contribution in [-0.2, 0) is 0 Å². The van der Waals surface area contributed by atoms with Crippen LogP contribution in [0.5, 0.6) is 0 Å². The van der Waals surface area contributed by atoms with E-state index < -0.39 is 0 Å². The average molecular weight is 257 g/mol. The van der Waals surface area contributed by atoms with Crippen molar-refractivity contribution in [2.24, 2.45) is 5.41 Å². The summed E-state index contributed by atoms with van der Waals surface area (Å²) in [6.07, 6.45) is 3.68. The van der Waals surface area contributed by atoms with Crippen LogP contribution in [-0.4, -0.2) is 17.4 Å². The minimum absolute atomic E-state index is 0.0521. The van der Waals surface area contributed by atoms with E-state index in [4.69, 9.17) is 5.73 Å². The van der Waals surface area contributed by atoms with Gasteiger partial charge in [0.15, 0.2) is 0 Å². The van der Waals surface area contributed by atoms with Gasteiger partial charge in [-0.15, -0.1) is 0 Å². The highest BCUT2D eigenvalue weighted by Crippen LogP contribution is 2.39. The van der Waals surface area contributed by atoms with E-state index in [1.54, 1.807) is 0 Å². The number of carbonyl (C=O) groups is 1. The quantitative estimate of drug-likeness (QED) is 0.740. The Balaban J connectivity index is 1.76. The Labute approximate surface area is 112 Å². The molecule has 1 saturated carbocycles. The van der Waals surface area contributed by atoms with E-state index in [9.17, 15) is 4.79 Å². The normalized spacial score (nSPS) is 17.1. The summed E-state index contributed by atoms with van der Waals surface area (Å²) in [6, 6.07) is 7.52. The van der Waals surface area contributed by atoms with Gasteiger partial charge in [0.1, 0.15) is 5.69 Å². The third-order valence-corrected chi connectivity index (χ3v) is 4.17. The summed E-state index contributed by atoms with van der Waals surface area (Å²) in [4.78, 5) is 15.2. The number of fused-ring (bicyclic) bond motifs is 1. The average Bonchev–Trinajstić information content (AvgIpc) is 2.79. The molecule has 1 aliphatic rings. The number of aromatic nitrogens is 1. The minimum atomic E-state index is -0.0521. The second-order valence-corrected chi connectivity index (χ2v) is 5.84. The molecule has 1 aromatic carbocycles. The third-order valence-electron chi connectivity index (χ3n) is 4.17. The van der Waals surface area contributed by atoms with Crippen LogP contribution in [0.3, 0.4) is 0 Å². The molecule has 100 valence electrons. The Morgan fingerprint density at radius 1 is 1.47 bits per heavy atom. The van der Waals surface area contributed by atoms with Gasteiger partial charge in [-0.2, -0.15) is 0 Å². The lowest BCUT2D eigenvalue weighted by Crippen LogP contribution is -2.40. The molecule has 4 nitrogen and oxygen atoms in total. The highest BCUT2D eigenvalue weighted by molar-refractivity contribution is 6.00. The van der Waals surface area contributed by atoms with Crippen LogP contribution >= 0.6 is 0 Å². The van der Waals surface area contributed by atoms with Crippen LogP contribution in [0.4, 0.5) is 5.69 Å². The number of carbonyl (C=O) groups excluding carboxylic acids is 1. The largest absolute Gasteiger partial charge is 0.397 e. The standard InChI is InChI=1S/C15H19N3O/c1-15(6-3-7-15)9-17-14(19)12-8-10-4-2-5-11(16)13(10)18-12/h2,4-5,8,18H,3,6-7,9,16H2,1H3,(H,17,19). The van der Waals surface area contributed by atoms with Gasteiger partial charge in [0.25, 0.3) is 5.91 Å². The van der Waals surface area contributed by atoms with Crippen molar-refractivity contribution in [3.8, 4) is 0 Å². The molecule has 4 heteroatoms. The molecule has 4 N–H and O–H groups in total. The van der Waals surface area contributed by atoms with E-state index in [2.05, 4.69) is 17.2 Å². The van der Waals surface area contributed by atoms with Crippen molar-refractivity contribution in [1.82, 2.24) is 10.3 Å². The molecule has 1 aliphatic carbocycles. The summed E-state index contributed by atoms with van der Waals surface area (Å²) in [7, 11) is 0. The molecule has 3 rings (SSSR count). The van der Waals surface area contributed by atoms with E-state index in [0.717, 1.165) is 17.4 Å². The maximum Gasteiger partial charge on any atom is 0.267 e. The molecule has 0 aliphatic heterocycles. The molecule has 0 unspecified atom stereocenters. The molecule has 0 bridgehead atoms. The predicted octanol–water partition coefficient (Wildman–Crippen LogP) is 2.67. The number of amides is 1. The van der Waals surface area contributed by atoms with E-state index >= 15 is 0 Å². The number of H-pyrrole nitrogens is 1. The first-order valence-electron chi connectivity index (χ1n) is 6.73. The number of nitrogen functional groups attached to an aromatic ring is 1. The Kier molecular flexibility index (Phi) is 2.73. The van der Waals surface area contributed by atoms with E-state index in [-0.39, 0.29) is 5.91 Å². The number of benzene rings is 1. The van der Waals surface area contributed by atoms with E-state index in [1.165, 1.54) is 19.3 Å². The maximum atomic E-state index is 12.1. The Bertz CT molecular complexity index is 625. The molecule has 0 atom stereocenters. The molecule has 0 saturated heterocycles. The summed E-state index contributed by atoms with van der Waals surface area (Å²) in [5.41, 5.74) is 8.26. The zero-order valence-corrected chi connectivity index (χ0v) is 11.1. The topological polar surface area (TPSA) is 70.9 Å². The molecule has 1 amide bonds. The second-order valence-electron chi connectivity index (χ2n) is 5.84. The summed E-state index contributed by atoms with van der Waals surface area (Å²) in [5.74, 6) is -0.0521. The smallest absolute Gasteiger partial charge is 0.267 e. The van der Waals surface area contributed by atoms with Crippen LogP contribution in [0.15, 0.2) is 24.3 Å². The number of nitrogens with two attached hydrogens (primary N) is 1. The van der Waals surface area contributed by atoms with Gasteiger partial charge in [-0.25, -0.2) is 0 Å². The lowest BCUT2D eigenvalue weighted by molar-refractivity contribution is 0.0887. The van der Waals surface area contributed by atoms with Crippen molar-refractivity contribution >= 4 is 22.5 Å². The van der Waals surface area contributed by atoms with Gasteiger partial charge in [0, 0.05) is 11.9 Å². The molecule has 0 spiro atoms. The molecule has 0 radical (unpaired) electrons. The molecule has 2 aromatic rings. The van der Waals surface area contributed by atoms with Gasteiger partial charge in [-0.3, -0.25) is 4.79 Å². The van der Waals surface area contributed by atoms with Gasteiger partial charge >= 0.3 is 0 Å². The number of nitrogens with one attached hydrogen (secondary N) is 2. The maximum absolute atomic E-state index is 12.1. The summed E-state index contributed by atoms with van der Waals surface area (Å²) < 4.78 is 0. The fourth-order valence-corrected chi connectivity index (χ4v) is 2.65. The zero-order valence-electron chi connectivity index (χ0n) is 11.1. The first kappa shape index (κ1) is 12.1. The van der Waals surface area contributed by atoms with Gasteiger partial charge in [0.2, 0.25) is 0 Å². The molecule has 19 heavy (non-hydrogen) atoms. The van der Waals surface area contributed by atoms with Gasteiger partial charge in [-0.05, 0) is 30.4 Å². The van der Waals surface area contributed by atoms with Crippen LogP contribution in [0.25, 0.3) is 10.9 Å². The Hall–Kier alpha value is -1.97. The molecule has 1 fully saturated rings. The van der Waals surface area contributed by atoms with Crippen molar-refractivity contribution in [3.63, 3.8) is 0 Å². The summed E-state index contributed by atoms with van der Waals surface area (Å²) >= 11 is 0. The highest BCUT2D eigenvalue weighted by Gasteiger charge is 2.32. The highest BCUT2D eigenvalue weighted by atomic mass is 16.1. The van der Waals surface area contributed by atoms with Gasteiger partial charge in [0.05, 0.1) is 11.2 Å². The van der Waals surface area contributed by atoms with E-state index in [0.29, 0.717) is 16.8 Å². The Morgan fingerprint density at radius 3 is 2.89 bits per heavy atom. The lowest BCUT2D eigenvalue weighted by Gasteiger charge is -2.38. The van der Waals surface area contributed by atoms with Crippen molar-refractivity contribution < 1.29 is 4.79 Å². The number of hydrogen-bond acceptors (Lipinski definition) is 2. The molecule has 1 heterocycles. The fraction of sp³-hybridized carbons (Fsp3) is 0.400. The van der Waals surface area contributed by atoms with Crippen LogP contribution in [0.2, 0.25) is 0 Å². The lowest BCUT2D eigenvalue weighted by atomic mass is 9.70. The predicted molar refractivity (Wildman–Crippen MR) is 77.0 cm³/mol. The van der Waals surface area contributed by atoms with Crippen molar-refractivity contribution in [2.75, 3.05) is 12.3 Å². The fourth-order valence-electron chi connectivity index (χ4n) is 2.65. The van der Waals surface area contributed by atoms with Crippen molar-refractivity contribution in [3.05, 3.63) is 30.0 Å². The van der Waals surface area contributed by atoms with Crippen LogP contribution in [0.1, 0.15) is 36.7 Å². The van der Waals surface area contributed by atoms with Crippen LogP contribution in [0, 0.1) is 5.41 Å². The summed E-state index contributed by atoms with van der Waals surface area (Å²) in [5, 5.41) is 3.98. The SMILES string of the molecule is CC1(CNC(=O)c2cc3cccc(N)c3[nH]2)CCC1. The van der Waals surface area contributed by atoms with Crippen LogP contribution < -0.4 is 11.1 Å². The van der Waals surface area contributed by atoms with Crippen molar-refractivity contribution in [2.45, 2.75) is 26.2 Å². The Morgan fingerprint density at radius 2 is 2.26 bits per heavy atom. The van der Waals surface area contributed by atoms with Gasteiger partial charge in [-0.1, -0.05) is 25.5 Å². The third kappa shape index (κ3) is 2.18. The second kappa shape index (κ2) is 4.30. The first-order chi connectivity index (χ1) is 9.07. The molecular formula is C15H19N3O. The number of hydrogen-bond donors (Lipinski definition) is 3. The van der Waals surface area contributed by atoms with Crippen molar-refractivity contribution in [1.29, 1.82) is 0 Å². The minimum Gasteiger partial charge on any atom is -0.397 e. The number of anilines is 1. The summed E-state index contributed by atoms with van der Waals surface area (Å²) in [6.45, 7) is 2.97.